The zero-order valence-electron chi connectivity index (χ0n) is 9.54. The number of benzene rings is 1. The summed E-state index contributed by atoms with van der Waals surface area (Å²) in [6.07, 6.45) is 1.40. The van der Waals surface area contributed by atoms with Gasteiger partial charge in [0.2, 0.25) is 5.88 Å². The normalized spacial score (nSPS) is 12.5. The van der Waals surface area contributed by atoms with E-state index in [-0.39, 0.29) is 16.2 Å². The summed E-state index contributed by atoms with van der Waals surface area (Å²) in [6, 6.07) is 7.35. The fourth-order valence-electron chi connectivity index (χ4n) is 1.74. The third-order valence-corrected chi connectivity index (χ3v) is 2.79. The van der Waals surface area contributed by atoms with Gasteiger partial charge in [-0.3, -0.25) is 9.78 Å². The van der Waals surface area contributed by atoms with Crippen molar-refractivity contribution < 1.29 is 5.11 Å². The number of rotatable bonds is 1. The van der Waals surface area contributed by atoms with E-state index in [0.29, 0.717) is 5.82 Å². The molecule has 0 spiro atoms. The number of nitrogens with zero attached hydrogens (tertiary/aromatic N) is 2. The molecule has 7 heteroatoms. The van der Waals surface area contributed by atoms with E-state index in [1.165, 1.54) is 6.08 Å². The summed E-state index contributed by atoms with van der Waals surface area (Å²) in [5.41, 5.74) is -0.445. The van der Waals surface area contributed by atoms with Crippen molar-refractivity contribution in [2.45, 2.75) is 0 Å². The molecular weight excluding hydrogens is 264 g/mol. The molecule has 0 radical (unpaired) electrons. The van der Waals surface area contributed by atoms with Gasteiger partial charge in [-0.1, -0.05) is 12.1 Å². The fourth-order valence-corrected chi connectivity index (χ4v) is 1.93. The molecule has 6 nitrogen and oxygen atoms in total. The molecule has 1 aromatic carbocycles. The van der Waals surface area contributed by atoms with Gasteiger partial charge in [-0.15, -0.1) is 0 Å². The van der Waals surface area contributed by atoms with Crippen LogP contribution < -0.4 is 16.3 Å². The van der Waals surface area contributed by atoms with E-state index in [0.717, 1.165) is 10.7 Å². The molecule has 1 aliphatic rings. The third kappa shape index (κ3) is 2.11. The molecule has 2 aromatic rings. The van der Waals surface area contributed by atoms with Gasteiger partial charge < -0.3 is 10.1 Å². The van der Waals surface area contributed by atoms with Crippen LogP contribution in [0.25, 0.3) is 6.08 Å². The minimum atomic E-state index is -0.491. The Morgan fingerprint density at radius 2 is 1.79 bits per heavy atom. The van der Waals surface area contributed by atoms with Crippen molar-refractivity contribution in [3.63, 3.8) is 0 Å². The molecule has 19 heavy (non-hydrogen) atoms. The number of hydrogen-bond donors (Lipinski definition) is 3. The van der Waals surface area contributed by atoms with Crippen LogP contribution in [0.1, 0.15) is 5.56 Å². The molecule has 0 amide bonds. The number of para-hydroxylation sites is 2. The lowest BCUT2D eigenvalue weighted by Gasteiger charge is -1.97. The van der Waals surface area contributed by atoms with Gasteiger partial charge in [-0.2, -0.15) is 0 Å². The van der Waals surface area contributed by atoms with E-state index < -0.39 is 5.56 Å². The molecule has 94 valence electrons. The van der Waals surface area contributed by atoms with Gasteiger partial charge in [-0.25, -0.2) is 9.98 Å². The Labute approximate surface area is 111 Å². The molecule has 1 aliphatic heterocycles. The maximum atomic E-state index is 11.7. The molecule has 1 aromatic heterocycles. The first-order valence-electron chi connectivity index (χ1n) is 5.43. The number of fused-ring (bicyclic) bond motifs is 1. The zero-order valence-corrected chi connectivity index (χ0v) is 10.4. The van der Waals surface area contributed by atoms with E-state index in [9.17, 15) is 9.90 Å². The van der Waals surface area contributed by atoms with Crippen molar-refractivity contribution in [2.24, 2.45) is 9.98 Å². The monoisotopic (exact) mass is 272 g/mol. The molecule has 2 heterocycles. The van der Waals surface area contributed by atoms with Gasteiger partial charge in [-0.05, 0) is 24.4 Å². The van der Waals surface area contributed by atoms with E-state index in [4.69, 9.17) is 12.2 Å². The minimum Gasteiger partial charge on any atom is -0.494 e. The van der Waals surface area contributed by atoms with Crippen LogP contribution in [0.5, 0.6) is 5.88 Å². The highest BCUT2D eigenvalue weighted by atomic mass is 32.1. The van der Waals surface area contributed by atoms with Crippen LogP contribution >= 0.6 is 12.2 Å². The van der Waals surface area contributed by atoms with Crippen LogP contribution in [-0.4, -0.2) is 15.1 Å². The zero-order chi connectivity index (χ0) is 13.4. The second-order valence-corrected chi connectivity index (χ2v) is 4.29. The highest BCUT2D eigenvalue weighted by Gasteiger charge is 2.08. The molecule has 0 saturated heterocycles. The van der Waals surface area contributed by atoms with Crippen LogP contribution in [-0.2, 0) is 0 Å². The van der Waals surface area contributed by atoms with Crippen LogP contribution in [0.4, 0.5) is 0 Å². The molecule has 0 fully saturated rings. The summed E-state index contributed by atoms with van der Waals surface area (Å²) < 4.78 is 0.0632. The van der Waals surface area contributed by atoms with Crippen LogP contribution in [0.15, 0.2) is 44.9 Å². The number of aromatic amines is 2. The molecule has 3 N–H and O–H groups in total. The standard InChI is InChI=1S/C12H8N4O2S/c17-10-6(11(18)16-12(19)15-10)5-9-13-7-3-1-2-4-8(7)14-9/h1-5H,(H3,15,16,17,18,19). The van der Waals surface area contributed by atoms with Gasteiger partial charge in [0, 0.05) is 6.08 Å². The SMILES string of the molecule is O=c1[nH]c(=S)[nH]c(O)c1C=C1N=c2ccccc2=N1. The number of aromatic nitrogens is 2. The summed E-state index contributed by atoms with van der Waals surface area (Å²) in [5, 5.41) is 11.1. The smallest absolute Gasteiger partial charge is 0.262 e. The van der Waals surface area contributed by atoms with Crippen molar-refractivity contribution in [1.82, 2.24) is 9.97 Å². The molecule has 3 rings (SSSR count). The van der Waals surface area contributed by atoms with Crippen LogP contribution in [0.3, 0.4) is 0 Å². The quantitative estimate of drug-likeness (QED) is 0.655. The summed E-state index contributed by atoms with van der Waals surface area (Å²) >= 11 is 4.75. The lowest BCUT2D eigenvalue weighted by molar-refractivity contribution is 0.448. The highest BCUT2D eigenvalue weighted by molar-refractivity contribution is 7.71. The summed E-state index contributed by atoms with van der Waals surface area (Å²) in [5.74, 6) is 0.0510. The Morgan fingerprint density at radius 3 is 2.37 bits per heavy atom. The first-order valence-corrected chi connectivity index (χ1v) is 5.84. The third-order valence-electron chi connectivity index (χ3n) is 2.58. The molecule has 0 atom stereocenters. The number of nitrogens with one attached hydrogen (secondary N) is 2. The van der Waals surface area contributed by atoms with Crippen molar-refractivity contribution in [3.8, 4) is 5.88 Å². The maximum Gasteiger partial charge on any atom is 0.262 e. The first-order chi connectivity index (χ1) is 9.13. The average Bonchev–Trinajstić information content (AvgIpc) is 2.76. The van der Waals surface area contributed by atoms with Gasteiger partial charge in [0.25, 0.3) is 5.56 Å². The predicted molar refractivity (Wildman–Crippen MR) is 70.6 cm³/mol. The lowest BCUT2D eigenvalue weighted by atomic mass is 10.3. The Hall–Kier alpha value is -2.54. The first kappa shape index (κ1) is 11.5. The van der Waals surface area contributed by atoms with Crippen molar-refractivity contribution in [2.75, 3.05) is 0 Å². The average molecular weight is 272 g/mol. The second kappa shape index (κ2) is 4.29. The van der Waals surface area contributed by atoms with Gasteiger partial charge >= 0.3 is 0 Å². The Morgan fingerprint density at radius 1 is 1.16 bits per heavy atom. The van der Waals surface area contributed by atoms with Crippen molar-refractivity contribution >= 4 is 18.3 Å². The van der Waals surface area contributed by atoms with E-state index in [1.54, 1.807) is 0 Å². The molecule has 0 unspecified atom stereocenters. The number of hydrogen-bond acceptors (Lipinski definition) is 5. The minimum absolute atomic E-state index is 0.0453. The Kier molecular flexibility index (Phi) is 2.60. The van der Waals surface area contributed by atoms with Crippen molar-refractivity contribution in [1.29, 1.82) is 0 Å². The molecule has 0 saturated carbocycles. The van der Waals surface area contributed by atoms with Crippen molar-refractivity contribution in [3.05, 3.63) is 61.5 Å². The summed E-state index contributed by atoms with van der Waals surface area (Å²) in [6.45, 7) is 0. The van der Waals surface area contributed by atoms with E-state index in [2.05, 4.69) is 20.0 Å². The Balaban J connectivity index is 2.18. The topological polar surface area (TPSA) is 93.6 Å². The predicted octanol–water partition coefficient (Wildman–Crippen LogP) is 0.389. The van der Waals surface area contributed by atoms with Gasteiger partial charge in [0.15, 0.2) is 10.6 Å². The van der Waals surface area contributed by atoms with E-state index in [1.807, 2.05) is 24.3 Å². The summed E-state index contributed by atoms with van der Waals surface area (Å²) in [7, 11) is 0. The molecular formula is C12H8N4O2S. The van der Waals surface area contributed by atoms with Crippen LogP contribution in [0, 0.1) is 4.77 Å². The Bertz CT molecular complexity index is 887. The van der Waals surface area contributed by atoms with Crippen LogP contribution in [0.2, 0.25) is 0 Å². The maximum absolute atomic E-state index is 11.7. The van der Waals surface area contributed by atoms with E-state index >= 15 is 0 Å². The summed E-state index contributed by atoms with van der Waals surface area (Å²) in [4.78, 5) is 25.0. The molecule has 0 aliphatic carbocycles. The fraction of sp³-hybridized carbons (Fsp3) is 0. The second-order valence-electron chi connectivity index (χ2n) is 3.89. The lowest BCUT2D eigenvalue weighted by Crippen LogP contribution is -2.19. The van der Waals surface area contributed by atoms with Gasteiger partial charge in [0.1, 0.15) is 5.56 Å². The van der Waals surface area contributed by atoms with Gasteiger partial charge in [0.05, 0.1) is 10.7 Å². The number of aromatic hydroxyl groups is 1. The molecule has 0 bridgehead atoms. The largest absolute Gasteiger partial charge is 0.494 e. The highest BCUT2D eigenvalue weighted by Crippen LogP contribution is 2.13. The number of H-pyrrole nitrogens is 2.